The molecule has 1 aromatic heterocycles. The summed E-state index contributed by atoms with van der Waals surface area (Å²) < 4.78 is 16.3. The van der Waals surface area contributed by atoms with Crippen LogP contribution in [0.5, 0.6) is 11.5 Å². The maximum absolute atomic E-state index is 5.91. The second-order valence-electron chi connectivity index (χ2n) is 5.71. The van der Waals surface area contributed by atoms with Gasteiger partial charge in [0.05, 0.1) is 13.2 Å². The topological polar surface area (TPSA) is 47.7 Å². The fourth-order valence-electron chi connectivity index (χ4n) is 2.27. The molecule has 0 saturated carbocycles. The van der Waals surface area contributed by atoms with E-state index in [1.807, 2.05) is 38.2 Å². The van der Waals surface area contributed by atoms with Gasteiger partial charge < -0.3 is 14.0 Å². The first-order valence-electron chi connectivity index (χ1n) is 7.56. The van der Waals surface area contributed by atoms with E-state index in [0.717, 1.165) is 28.3 Å². The van der Waals surface area contributed by atoms with E-state index in [2.05, 4.69) is 23.6 Å². The Morgan fingerprint density at radius 3 is 2.78 bits per heavy atom. The Hall–Kier alpha value is -2.27. The first kappa shape index (κ1) is 17.1. The molecule has 2 aromatic rings. The lowest BCUT2D eigenvalue weighted by molar-refractivity contribution is 0.234. The summed E-state index contributed by atoms with van der Waals surface area (Å²) in [5.41, 5.74) is 2.93. The molecule has 1 unspecified atom stereocenters. The number of para-hydroxylation sites is 1. The molecule has 5 nitrogen and oxygen atoms in total. The molecular weight excluding hydrogens is 292 g/mol. The molecule has 0 fully saturated rings. The zero-order valence-corrected chi connectivity index (χ0v) is 14.2. The smallest absolute Gasteiger partial charge is 0.166 e. The van der Waals surface area contributed by atoms with Gasteiger partial charge in [-0.2, -0.15) is 0 Å². The minimum Gasteiger partial charge on any atom is -0.493 e. The third-order valence-corrected chi connectivity index (χ3v) is 3.71. The fourth-order valence-corrected chi connectivity index (χ4v) is 2.27. The molecule has 0 bridgehead atoms. The molecule has 0 radical (unpaired) electrons. The van der Waals surface area contributed by atoms with E-state index in [-0.39, 0.29) is 6.04 Å². The normalized spacial score (nSPS) is 12.2. The number of aromatic nitrogens is 1. The Bertz CT molecular complexity index is 638. The van der Waals surface area contributed by atoms with Gasteiger partial charge in [-0.05, 0) is 32.5 Å². The van der Waals surface area contributed by atoms with Gasteiger partial charge in [-0.3, -0.25) is 4.90 Å². The third-order valence-electron chi connectivity index (χ3n) is 3.71. The van der Waals surface area contributed by atoms with Gasteiger partial charge in [0.15, 0.2) is 11.5 Å². The van der Waals surface area contributed by atoms with Crippen molar-refractivity contribution in [3.8, 4) is 11.5 Å². The van der Waals surface area contributed by atoms with Gasteiger partial charge in [-0.25, -0.2) is 0 Å². The van der Waals surface area contributed by atoms with E-state index in [0.29, 0.717) is 13.2 Å². The van der Waals surface area contributed by atoms with E-state index in [1.165, 1.54) is 0 Å². The number of benzene rings is 1. The largest absolute Gasteiger partial charge is 0.493 e. The molecule has 1 heterocycles. The lowest BCUT2D eigenvalue weighted by atomic mass is 10.1. The molecule has 0 saturated heterocycles. The van der Waals surface area contributed by atoms with Crippen LogP contribution in [0.4, 0.5) is 0 Å². The van der Waals surface area contributed by atoms with E-state index in [4.69, 9.17) is 14.0 Å². The van der Waals surface area contributed by atoms with Gasteiger partial charge in [0.25, 0.3) is 0 Å². The summed E-state index contributed by atoms with van der Waals surface area (Å²) >= 11 is 0. The average molecular weight is 316 g/mol. The molecule has 0 aliphatic carbocycles. The number of methoxy groups -OCH3 is 1. The zero-order valence-electron chi connectivity index (χ0n) is 14.2. The van der Waals surface area contributed by atoms with Crippen LogP contribution in [0, 0.1) is 0 Å². The van der Waals surface area contributed by atoms with Gasteiger partial charge in [0.1, 0.15) is 18.6 Å². The summed E-state index contributed by atoms with van der Waals surface area (Å²) in [6.07, 6.45) is 1.59. The van der Waals surface area contributed by atoms with Crippen LogP contribution in [-0.2, 0) is 6.54 Å². The van der Waals surface area contributed by atoms with Gasteiger partial charge in [0, 0.05) is 18.2 Å². The Labute approximate surface area is 137 Å². The summed E-state index contributed by atoms with van der Waals surface area (Å²) in [6, 6.07) is 7.93. The van der Waals surface area contributed by atoms with Crippen molar-refractivity contribution < 1.29 is 14.0 Å². The highest BCUT2D eigenvalue weighted by Crippen LogP contribution is 2.33. The minimum atomic E-state index is 0.133. The number of rotatable bonds is 8. The van der Waals surface area contributed by atoms with Gasteiger partial charge in [-0.1, -0.05) is 23.9 Å². The van der Waals surface area contributed by atoms with Crippen molar-refractivity contribution in [3.63, 3.8) is 0 Å². The number of hydrogen-bond acceptors (Lipinski definition) is 5. The van der Waals surface area contributed by atoms with E-state index >= 15 is 0 Å². The maximum Gasteiger partial charge on any atom is 0.166 e. The van der Waals surface area contributed by atoms with Crippen LogP contribution in [0.3, 0.4) is 0 Å². The number of hydrogen-bond donors (Lipinski definition) is 0. The first-order valence-corrected chi connectivity index (χ1v) is 7.56. The molecule has 0 aliphatic heterocycles. The van der Waals surface area contributed by atoms with Crippen LogP contribution in [-0.4, -0.2) is 30.8 Å². The van der Waals surface area contributed by atoms with Crippen molar-refractivity contribution >= 4 is 0 Å². The second-order valence-corrected chi connectivity index (χ2v) is 5.71. The van der Waals surface area contributed by atoms with Crippen LogP contribution in [0.15, 0.2) is 47.2 Å². The predicted molar refractivity (Wildman–Crippen MR) is 89.7 cm³/mol. The Balaban J connectivity index is 2.19. The molecule has 0 aliphatic rings. The zero-order chi connectivity index (χ0) is 16.8. The van der Waals surface area contributed by atoms with E-state index in [1.54, 1.807) is 13.4 Å². The summed E-state index contributed by atoms with van der Waals surface area (Å²) in [7, 11) is 3.69. The highest BCUT2D eigenvalue weighted by Gasteiger charge is 2.18. The summed E-state index contributed by atoms with van der Waals surface area (Å²) in [6.45, 7) is 9.08. The molecule has 1 aromatic carbocycles. The molecule has 0 spiro atoms. The van der Waals surface area contributed by atoms with E-state index < -0.39 is 0 Å². The van der Waals surface area contributed by atoms with Crippen molar-refractivity contribution in [1.29, 1.82) is 0 Å². The van der Waals surface area contributed by atoms with Gasteiger partial charge >= 0.3 is 0 Å². The maximum atomic E-state index is 5.91. The SMILES string of the molecule is C=C(C)COc1c(CN(C)C(C)c2ccon2)cccc1OC. The van der Waals surface area contributed by atoms with E-state index in [9.17, 15) is 0 Å². The number of nitrogens with zero attached hydrogens (tertiary/aromatic N) is 2. The predicted octanol–water partition coefficient (Wildman–Crippen LogP) is 3.83. The molecule has 0 N–H and O–H groups in total. The van der Waals surface area contributed by atoms with Gasteiger partial charge in [0.2, 0.25) is 0 Å². The van der Waals surface area contributed by atoms with Crippen molar-refractivity contribution in [3.05, 3.63) is 53.9 Å². The minimum absolute atomic E-state index is 0.133. The van der Waals surface area contributed by atoms with Crippen molar-refractivity contribution in [2.45, 2.75) is 26.4 Å². The van der Waals surface area contributed by atoms with Crippen LogP contribution in [0.2, 0.25) is 0 Å². The summed E-state index contributed by atoms with van der Waals surface area (Å²) in [4.78, 5) is 2.18. The highest BCUT2D eigenvalue weighted by molar-refractivity contribution is 5.46. The quantitative estimate of drug-likeness (QED) is 0.693. The molecule has 124 valence electrons. The van der Waals surface area contributed by atoms with Crippen LogP contribution >= 0.6 is 0 Å². The summed E-state index contributed by atoms with van der Waals surface area (Å²) in [5, 5.41) is 4.01. The lowest BCUT2D eigenvalue weighted by Gasteiger charge is -2.24. The average Bonchev–Trinajstić information content (AvgIpc) is 3.06. The monoisotopic (exact) mass is 316 g/mol. The molecular formula is C18H24N2O3. The second kappa shape index (κ2) is 7.83. The highest BCUT2D eigenvalue weighted by atomic mass is 16.5. The Kier molecular flexibility index (Phi) is 5.82. The molecule has 23 heavy (non-hydrogen) atoms. The van der Waals surface area contributed by atoms with Crippen molar-refractivity contribution in [1.82, 2.24) is 10.1 Å². The van der Waals surface area contributed by atoms with Crippen LogP contribution in [0.25, 0.3) is 0 Å². The Morgan fingerprint density at radius 2 is 2.17 bits per heavy atom. The number of ether oxygens (including phenoxy) is 2. The van der Waals surface area contributed by atoms with Crippen LogP contribution in [0.1, 0.15) is 31.1 Å². The first-order chi connectivity index (χ1) is 11.0. The van der Waals surface area contributed by atoms with Crippen molar-refractivity contribution in [2.75, 3.05) is 20.8 Å². The Morgan fingerprint density at radius 1 is 1.39 bits per heavy atom. The molecule has 2 rings (SSSR count). The molecule has 0 amide bonds. The van der Waals surface area contributed by atoms with Gasteiger partial charge in [-0.15, -0.1) is 0 Å². The fraction of sp³-hybridized carbons (Fsp3) is 0.389. The summed E-state index contributed by atoms with van der Waals surface area (Å²) in [5.74, 6) is 1.49. The lowest BCUT2D eigenvalue weighted by Crippen LogP contribution is -2.22. The third kappa shape index (κ3) is 4.36. The van der Waals surface area contributed by atoms with Crippen molar-refractivity contribution in [2.24, 2.45) is 0 Å². The molecule has 5 heteroatoms. The van der Waals surface area contributed by atoms with Crippen LogP contribution < -0.4 is 9.47 Å². The molecule has 1 atom stereocenters. The standard InChI is InChI=1S/C18H24N2O3/c1-13(2)12-22-18-15(7-6-8-17(18)21-5)11-20(4)14(3)16-9-10-23-19-16/h6-10,14H,1,11-12H2,2-5H3.